The van der Waals surface area contributed by atoms with Gasteiger partial charge in [-0.3, -0.25) is 14.9 Å². The van der Waals surface area contributed by atoms with Gasteiger partial charge >= 0.3 is 0 Å². The Labute approximate surface area is 217 Å². The van der Waals surface area contributed by atoms with E-state index in [0.717, 1.165) is 22.6 Å². The first-order valence-corrected chi connectivity index (χ1v) is 12.8. The van der Waals surface area contributed by atoms with Crippen LogP contribution in [-0.4, -0.2) is 31.3 Å². The number of benzene rings is 2. The number of carbonyl (C=O) groups excluding carboxylic acids is 2. The molecule has 1 aliphatic carbocycles. The Kier molecular flexibility index (Phi) is 5.57. The number of aromatic nitrogens is 4. The van der Waals surface area contributed by atoms with Crippen LogP contribution < -0.4 is 10.6 Å². The Hall–Kier alpha value is -4.37. The zero-order valence-corrected chi connectivity index (χ0v) is 21.2. The topological polar surface area (TPSA) is 101 Å². The number of anilines is 3. The first-order chi connectivity index (χ1) is 17.9. The molecule has 0 radical (unpaired) electrons. The van der Waals surface area contributed by atoms with E-state index in [9.17, 15) is 9.59 Å². The van der Waals surface area contributed by atoms with Crippen LogP contribution in [0.5, 0.6) is 0 Å². The molecule has 0 atom stereocenters. The summed E-state index contributed by atoms with van der Waals surface area (Å²) in [6, 6.07) is 19.3. The summed E-state index contributed by atoms with van der Waals surface area (Å²) in [6.45, 7) is 4.13. The first-order valence-electron chi connectivity index (χ1n) is 12.0. The number of nitrogens with one attached hydrogen (secondary N) is 2. The second-order valence-corrected chi connectivity index (χ2v) is 10.7. The van der Waals surface area contributed by atoms with Crippen LogP contribution in [0.1, 0.15) is 46.7 Å². The van der Waals surface area contributed by atoms with Gasteiger partial charge in [0.2, 0.25) is 0 Å². The highest BCUT2D eigenvalue weighted by Gasteiger charge is 2.35. The van der Waals surface area contributed by atoms with Crippen molar-refractivity contribution in [3.05, 3.63) is 89.1 Å². The highest BCUT2D eigenvalue weighted by Crippen LogP contribution is 2.36. The van der Waals surface area contributed by atoms with Gasteiger partial charge in [0.05, 0.1) is 17.0 Å². The molecule has 184 valence electrons. The largest absolute Gasteiger partial charge is 0.338 e. The number of hydrogen-bond acceptors (Lipinski definition) is 7. The summed E-state index contributed by atoms with van der Waals surface area (Å²) in [5.41, 5.74) is 4.33. The smallest absolute Gasteiger partial charge is 0.265 e. The van der Waals surface area contributed by atoms with Gasteiger partial charge in [-0.15, -0.1) is 16.4 Å². The van der Waals surface area contributed by atoms with E-state index in [4.69, 9.17) is 5.10 Å². The van der Waals surface area contributed by atoms with E-state index in [-0.39, 0.29) is 17.1 Å². The third-order valence-electron chi connectivity index (χ3n) is 6.39. The standard InChI is InChI=1S/C28H24N6O2S/c1-28(2)13-21-19(22(35)14-28)15-29-25-23(24(33-34(21)25)30-18-11-7-4-8-12-18)26(36)32-27-31-20(16-37-27)17-9-5-3-6-10-17/h3-12,15-16H,13-14H2,1-2H3,(H,30,33)(H,31,32,36). The molecule has 6 rings (SSSR count). The lowest BCUT2D eigenvalue weighted by molar-refractivity contribution is 0.0908. The molecule has 37 heavy (non-hydrogen) atoms. The van der Waals surface area contributed by atoms with E-state index >= 15 is 0 Å². The van der Waals surface area contributed by atoms with E-state index in [1.54, 1.807) is 10.7 Å². The lowest BCUT2D eigenvalue weighted by Crippen LogP contribution is -2.29. The van der Waals surface area contributed by atoms with Crippen molar-refractivity contribution in [2.45, 2.75) is 26.7 Å². The zero-order chi connectivity index (χ0) is 25.6. The Balaban J connectivity index is 1.43. The molecule has 0 spiro atoms. The molecule has 5 aromatic rings. The molecule has 8 nitrogen and oxygen atoms in total. The van der Waals surface area contributed by atoms with Crippen molar-refractivity contribution in [2.24, 2.45) is 5.41 Å². The minimum atomic E-state index is -0.378. The Bertz CT molecular complexity index is 1640. The van der Waals surface area contributed by atoms with E-state index < -0.39 is 0 Å². The van der Waals surface area contributed by atoms with Gasteiger partial charge in [0.25, 0.3) is 5.91 Å². The molecule has 1 aliphatic rings. The Morgan fingerprint density at radius 3 is 2.51 bits per heavy atom. The number of Topliss-reactive ketones (excluding diaryl/α,β-unsaturated/α-hetero) is 1. The summed E-state index contributed by atoms with van der Waals surface area (Å²) in [5.74, 6) is 0.0208. The Morgan fingerprint density at radius 1 is 1.03 bits per heavy atom. The molecule has 3 heterocycles. The highest BCUT2D eigenvalue weighted by molar-refractivity contribution is 7.14. The predicted octanol–water partition coefficient (Wildman–Crippen LogP) is 6.00. The number of hydrogen-bond donors (Lipinski definition) is 2. The summed E-state index contributed by atoms with van der Waals surface area (Å²) in [5, 5.41) is 13.3. The fourth-order valence-corrected chi connectivity index (χ4v) is 5.38. The highest BCUT2D eigenvalue weighted by atomic mass is 32.1. The van der Waals surface area contributed by atoms with Crippen molar-refractivity contribution in [1.29, 1.82) is 0 Å². The number of ketones is 1. The molecular formula is C28H24N6O2S. The number of rotatable bonds is 5. The van der Waals surface area contributed by atoms with Crippen molar-refractivity contribution in [3.63, 3.8) is 0 Å². The van der Waals surface area contributed by atoms with Crippen LogP contribution >= 0.6 is 11.3 Å². The summed E-state index contributed by atoms with van der Waals surface area (Å²) in [4.78, 5) is 35.6. The van der Waals surface area contributed by atoms with Gasteiger partial charge in [-0.1, -0.05) is 62.4 Å². The van der Waals surface area contributed by atoms with Crippen molar-refractivity contribution in [3.8, 4) is 11.3 Å². The van der Waals surface area contributed by atoms with E-state index in [1.165, 1.54) is 11.3 Å². The third kappa shape index (κ3) is 4.38. The average molecular weight is 509 g/mol. The van der Waals surface area contributed by atoms with Gasteiger partial charge in [0.1, 0.15) is 5.56 Å². The SMILES string of the molecule is CC1(C)CC(=O)c2cnc3c(C(=O)Nc4nc(-c5ccccc5)cs4)c(Nc4ccccc4)nn3c2C1. The number of para-hydroxylation sites is 1. The zero-order valence-electron chi connectivity index (χ0n) is 20.4. The van der Waals surface area contributed by atoms with Crippen LogP contribution in [-0.2, 0) is 6.42 Å². The van der Waals surface area contributed by atoms with Gasteiger partial charge in [-0.05, 0) is 24.0 Å². The van der Waals surface area contributed by atoms with E-state index in [1.807, 2.05) is 66.0 Å². The van der Waals surface area contributed by atoms with Gasteiger partial charge in [-0.2, -0.15) is 0 Å². The van der Waals surface area contributed by atoms with Crippen LogP contribution in [0, 0.1) is 5.41 Å². The molecule has 0 bridgehead atoms. The van der Waals surface area contributed by atoms with E-state index in [0.29, 0.717) is 40.6 Å². The molecule has 0 saturated carbocycles. The second kappa shape index (κ2) is 8.94. The summed E-state index contributed by atoms with van der Waals surface area (Å²) in [7, 11) is 0. The average Bonchev–Trinajstić information content (AvgIpc) is 3.49. The molecule has 1 amide bonds. The van der Waals surface area contributed by atoms with Crippen LogP contribution in [0.3, 0.4) is 0 Å². The molecule has 3 aromatic heterocycles. The normalized spacial score (nSPS) is 14.4. The molecule has 2 N–H and O–H groups in total. The molecular weight excluding hydrogens is 484 g/mol. The summed E-state index contributed by atoms with van der Waals surface area (Å²) < 4.78 is 1.64. The van der Waals surface area contributed by atoms with Crippen LogP contribution in [0.4, 0.5) is 16.6 Å². The van der Waals surface area contributed by atoms with Gasteiger partial charge in [0.15, 0.2) is 22.4 Å². The number of nitrogens with zero attached hydrogens (tertiary/aromatic N) is 4. The van der Waals surface area contributed by atoms with Crippen molar-refractivity contribution in [1.82, 2.24) is 19.6 Å². The maximum Gasteiger partial charge on any atom is 0.265 e. The number of fused-ring (bicyclic) bond motifs is 3. The molecule has 9 heteroatoms. The number of amides is 1. The molecule has 2 aromatic carbocycles. The van der Waals surface area contributed by atoms with Crippen LogP contribution in [0.25, 0.3) is 16.9 Å². The lowest BCUT2D eigenvalue weighted by atomic mass is 9.76. The lowest BCUT2D eigenvalue weighted by Gasteiger charge is -2.29. The van der Waals surface area contributed by atoms with Crippen LogP contribution in [0.2, 0.25) is 0 Å². The fourth-order valence-electron chi connectivity index (χ4n) is 4.67. The van der Waals surface area contributed by atoms with Gasteiger partial charge in [0, 0.05) is 29.2 Å². The van der Waals surface area contributed by atoms with E-state index in [2.05, 4.69) is 34.4 Å². The number of carbonyl (C=O) groups is 2. The fraction of sp³-hybridized carbons (Fsp3) is 0.179. The third-order valence-corrected chi connectivity index (χ3v) is 7.14. The molecule has 0 saturated heterocycles. The van der Waals surface area contributed by atoms with Crippen molar-refractivity contribution < 1.29 is 9.59 Å². The minimum Gasteiger partial charge on any atom is -0.338 e. The molecule has 0 fully saturated rings. The first kappa shape index (κ1) is 23.1. The monoisotopic (exact) mass is 508 g/mol. The summed E-state index contributed by atoms with van der Waals surface area (Å²) >= 11 is 1.35. The Morgan fingerprint density at radius 2 is 1.76 bits per heavy atom. The summed E-state index contributed by atoms with van der Waals surface area (Å²) in [6.07, 6.45) is 2.67. The quantitative estimate of drug-likeness (QED) is 0.302. The van der Waals surface area contributed by atoms with Crippen LogP contribution in [0.15, 0.2) is 72.2 Å². The minimum absolute atomic E-state index is 0.0379. The maximum atomic E-state index is 13.7. The maximum absolute atomic E-state index is 13.7. The van der Waals surface area contributed by atoms with Gasteiger partial charge < -0.3 is 5.32 Å². The second-order valence-electron chi connectivity index (χ2n) is 9.87. The van der Waals surface area contributed by atoms with Gasteiger partial charge in [-0.25, -0.2) is 14.5 Å². The number of thiazole rings is 1. The predicted molar refractivity (Wildman–Crippen MR) is 145 cm³/mol. The van der Waals surface area contributed by atoms with Crippen molar-refractivity contribution >= 4 is 45.3 Å². The van der Waals surface area contributed by atoms with Crippen molar-refractivity contribution in [2.75, 3.05) is 10.6 Å². The molecule has 0 aliphatic heterocycles. The molecule has 0 unspecified atom stereocenters.